The summed E-state index contributed by atoms with van der Waals surface area (Å²) in [5, 5.41) is 10.6. The second-order valence-electron chi connectivity index (χ2n) is 6.07. The topological polar surface area (TPSA) is 105 Å². The molecule has 0 aromatic heterocycles. The average Bonchev–Trinajstić information content (AvgIpc) is 2.79. The van der Waals surface area contributed by atoms with E-state index in [-0.39, 0.29) is 22.1 Å². The molecule has 0 saturated carbocycles. The van der Waals surface area contributed by atoms with Crippen molar-refractivity contribution in [2.45, 2.75) is 31.2 Å². The molecule has 0 amide bonds. The summed E-state index contributed by atoms with van der Waals surface area (Å²) in [6, 6.07) is 4.66. The number of nitro groups is 1. The van der Waals surface area contributed by atoms with Gasteiger partial charge in [0.25, 0.3) is 15.7 Å². The van der Waals surface area contributed by atoms with E-state index in [0.29, 0.717) is 12.2 Å². The molecule has 2 rings (SSSR count). The summed E-state index contributed by atoms with van der Waals surface area (Å²) in [5.41, 5.74) is 0.135. The van der Waals surface area contributed by atoms with Crippen LogP contribution in [0, 0.1) is 10.1 Å². The Kier molecular flexibility index (Phi) is 4.16. The van der Waals surface area contributed by atoms with E-state index in [9.17, 15) is 18.5 Å². The van der Waals surface area contributed by atoms with Crippen molar-refractivity contribution in [1.82, 2.24) is 9.62 Å². The lowest BCUT2D eigenvalue weighted by atomic mass is 10.1. The van der Waals surface area contributed by atoms with E-state index >= 15 is 0 Å². The van der Waals surface area contributed by atoms with Crippen LogP contribution in [0.15, 0.2) is 46.4 Å². The Bertz CT molecular complexity index is 776. The fraction of sp³-hybridized carbons (Fsp3) is 0.357. The van der Waals surface area contributed by atoms with Gasteiger partial charge in [-0.15, -0.1) is 0 Å². The molecule has 0 aliphatic carbocycles. The Morgan fingerprint density at radius 2 is 1.87 bits per heavy atom. The van der Waals surface area contributed by atoms with Crippen LogP contribution in [0.2, 0.25) is 0 Å². The van der Waals surface area contributed by atoms with Crippen molar-refractivity contribution >= 4 is 21.7 Å². The molecule has 0 unspecified atom stereocenters. The standard InChI is InChI=1S/C14H18N4O4S/c1-10-9-15-13(17(10)14(2,3)4)16-23(21,22)12-7-5-11(6-8-12)18(19)20/h5-8H,1,9H2,2-4H3,(H,15,16). The van der Waals surface area contributed by atoms with E-state index in [2.05, 4.69) is 16.3 Å². The van der Waals surface area contributed by atoms with Gasteiger partial charge in [0.2, 0.25) is 5.96 Å². The van der Waals surface area contributed by atoms with Gasteiger partial charge >= 0.3 is 0 Å². The number of nitro benzene ring substituents is 1. The lowest BCUT2D eigenvalue weighted by Crippen LogP contribution is -2.49. The summed E-state index contributed by atoms with van der Waals surface area (Å²) in [6.45, 7) is 9.95. The van der Waals surface area contributed by atoms with Crippen LogP contribution >= 0.6 is 0 Å². The number of nitrogens with zero attached hydrogens (tertiary/aromatic N) is 3. The zero-order valence-corrected chi connectivity index (χ0v) is 13.9. The van der Waals surface area contributed by atoms with Gasteiger partial charge < -0.3 is 4.90 Å². The number of aliphatic imine (C=N–C) groups is 1. The van der Waals surface area contributed by atoms with Crippen LogP contribution in [0.25, 0.3) is 0 Å². The van der Waals surface area contributed by atoms with Gasteiger partial charge in [-0.2, -0.15) is 0 Å². The molecule has 0 fully saturated rings. The molecular formula is C14H18N4O4S. The Labute approximate surface area is 134 Å². The molecule has 23 heavy (non-hydrogen) atoms. The quantitative estimate of drug-likeness (QED) is 0.669. The second-order valence-corrected chi connectivity index (χ2v) is 7.75. The smallest absolute Gasteiger partial charge is 0.269 e. The third kappa shape index (κ3) is 3.50. The zero-order valence-electron chi connectivity index (χ0n) is 13.1. The normalized spacial score (nSPS) is 15.5. The van der Waals surface area contributed by atoms with Gasteiger partial charge in [0.15, 0.2) is 0 Å². The van der Waals surface area contributed by atoms with Crippen LogP contribution in [0.5, 0.6) is 0 Å². The maximum absolute atomic E-state index is 12.4. The number of sulfonamides is 1. The van der Waals surface area contributed by atoms with Crippen LogP contribution in [0.3, 0.4) is 0 Å². The minimum absolute atomic E-state index is 0.0721. The van der Waals surface area contributed by atoms with Crippen molar-refractivity contribution in [2.24, 2.45) is 4.99 Å². The first-order valence-electron chi connectivity index (χ1n) is 6.82. The van der Waals surface area contributed by atoms with Crippen LogP contribution in [-0.2, 0) is 10.0 Å². The van der Waals surface area contributed by atoms with E-state index < -0.39 is 14.9 Å². The largest absolute Gasteiger partial charge is 0.309 e. The number of non-ortho nitro benzene ring substituents is 1. The molecule has 0 atom stereocenters. The Morgan fingerprint density at radius 3 is 2.35 bits per heavy atom. The monoisotopic (exact) mass is 338 g/mol. The first-order chi connectivity index (χ1) is 10.5. The first kappa shape index (κ1) is 16.9. The molecule has 1 aromatic carbocycles. The highest BCUT2D eigenvalue weighted by molar-refractivity contribution is 7.90. The third-order valence-electron chi connectivity index (χ3n) is 3.19. The highest BCUT2D eigenvalue weighted by Crippen LogP contribution is 2.24. The molecule has 1 aromatic rings. The van der Waals surface area contributed by atoms with Gasteiger partial charge in [-0.25, -0.2) is 18.1 Å². The van der Waals surface area contributed by atoms with Gasteiger partial charge in [-0.3, -0.25) is 10.1 Å². The van der Waals surface area contributed by atoms with Gasteiger partial charge in [0.1, 0.15) is 0 Å². The second kappa shape index (κ2) is 5.65. The maximum atomic E-state index is 12.4. The van der Waals surface area contributed by atoms with E-state index in [1.807, 2.05) is 20.8 Å². The number of benzene rings is 1. The van der Waals surface area contributed by atoms with Crippen molar-refractivity contribution in [3.05, 3.63) is 46.7 Å². The van der Waals surface area contributed by atoms with Crippen LogP contribution in [-0.4, -0.2) is 36.3 Å². The maximum Gasteiger partial charge on any atom is 0.269 e. The molecule has 8 nitrogen and oxygen atoms in total. The summed E-state index contributed by atoms with van der Waals surface area (Å²) in [5.74, 6) is 0.195. The van der Waals surface area contributed by atoms with Gasteiger partial charge in [0.05, 0.1) is 16.4 Å². The zero-order chi connectivity index (χ0) is 17.4. The minimum Gasteiger partial charge on any atom is -0.309 e. The molecule has 1 heterocycles. The molecule has 1 aliphatic rings. The number of rotatable bonds is 3. The van der Waals surface area contributed by atoms with Crippen LogP contribution < -0.4 is 4.72 Å². The van der Waals surface area contributed by atoms with Crippen molar-refractivity contribution in [2.75, 3.05) is 6.54 Å². The summed E-state index contributed by atoms with van der Waals surface area (Å²) in [6.07, 6.45) is 0. The molecular weight excluding hydrogens is 320 g/mol. The number of nitrogens with one attached hydrogen (secondary N) is 1. The minimum atomic E-state index is -3.89. The fourth-order valence-electron chi connectivity index (χ4n) is 2.25. The lowest BCUT2D eigenvalue weighted by molar-refractivity contribution is -0.384. The molecule has 0 radical (unpaired) electrons. The highest BCUT2D eigenvalue weighted by Gasteiger charge is 2.33. The number of guanidine groups is 1. The van der Waals surface area contributed by atoms with E-state index in [1.165, 1.54) is 12.1 Å². The Morgan fingerprint density at radius 1 is 1.30 bits per heavy atom. The molecule has 0 bridgehead atoms. The fourth-order valence-corrected chi connectivity index (χ4v) is 3.26. The van der Waals surface area contributed by atoms with E-state index in [1.54, 1.807) is 4.90 Å². The van der Waals surface area contributed by atoms with Crippen molar-refractivity contribution in [3.8, 4) is 0 Å². The Balaban J connectivity index is 2.28. The molecule has 0 spiro atoms. The van der Waals surface area contributed by atoms with E-state index in [4.69, 9.17) is 0 Å². The molecule has 1 N–H and O–H groups in total. The predicted octanol–water partition coefficient (Wildman–Crippen LogP) is 1.86. The average molecular weight is 338 g/mol. The summed E-state index contributed by atoms with van der Waals surface area (Å²) in [4.78, 5) is 15.9. The van der Waals surface area contributed by atoms with Crippen molar-refractivity contribution in [1.29, 1.82) is 0 Å². The predicted molar refractivity (Wildman–Crippen MR) is 86.5 cm³/mol. The van der Waals surface area contributed by atoms with Gasteiger partial charge in [-0.05, 0) is 32.9 Å². The summed E-state index contributed by atoms with van der Waals surface area (Å²) < 4.78 is 27.3. The molecule has 0 saturated heterocycles. The van der Waals surface area contributed by atoms with Crippen molar-refractivity contribution < 1.29 is 13.3 Å². The molecule has 9 heteroatoms. The lowest BCUT2D eigenvalue weighted by Gasteiger charge is -2.35. The first-order valence-corrected chi connectivity index (χ1v) is 8.30. The van der Waals surface area contributed by atoms with Crippen LogP contribution in [0.4, 0.5) is 5.69 Å². The number of hydrogen-bond acceptors (Lipinski definition) is 6. The molecule has 124 valence electrons. The van der Waals surface area contributed by atoms with Crippen LogP contribution in [0.1, 0.15) is 20.8 Å². The van der Waals surface area contributed by atoms with Gasteiger partial charge in [-0.1, -0.05) is 6.58 Å². The van der Waals surface area contributed by atoms with Gasteiger partial charge in [0, 0.05) is 23.4 Å². The number of hydrogen-bond donors (Lipinski definition) is 1. The highest BCUT2D eigenvalue weighted by atomic mass is 32.2. The summed E-state index contributed by atoms with van der Waals surface area (Å²) >= 11 is 0. The van der Waals surface area contributed by atoms with E-state index in [0.717, 1.165) is 12.1 Å². The Hall–Kier alpha value is -2.42. The molecule has 1 aliphatic heterocycles. The summed E-state index contributed by atoms with van der Waals surface area (Å²) in [7, 11) is -3.89. The SMILES string of the molecule is C=C1CN=C(NS(=O)(=O)c2ccc([N+](=O)[O-])cc2)N1C(C)(C)C. The third-order valence-corrected chi connectivity index (χ3v) is 4.54. The van der Waals surface area contributed by atoms with Crippen molar-refractivity contribution in [3.63, 3.8) is 0 Å².